The number of hydrogen-bond donors (Lipinski definition) is 1. The van der Waals surface area contributed by atoms with E-state index in [1.54, 1.807) is 0 Å². The van der Waals surface area contributed by atoms with Gasteiger partial charge in [-0.15, -0.1) is 0 Å². The minimum atomic E-state index is 0.720. The van der Waals surface area contributed by atoms with Crippen molar-refractivity contribution in [2.24, 2.45) is 5.92 Å². The highest BCUT2D eigenvalue weighted by Crippen LogP contribution is 2.31. The Morgan fingerprint density at radius 2 is 2.23 bits per heavy atom. The molecule has 0 saturated heterocycles. The Balaban J connectivity index is 1.81. The molecule has 2 heteroatoms. The summed E-state index contributed by atoms with van der Waals surface area (Å²) in [6.45, 7) is 5.78. The van der Waals surface area contributed by atoms with Crippen LogP contribution in [0.3, 0.4) is 0 Å². The van der Waals surface area contributed by atoms with Crippen molar-refractivity contribution in [1.29, 1.82) is 0 Å². The highest BCUT2D eigenvalue weighted by Gasteiger charge is 2.20. The summed E-state index contributed by atoms with van der Waals surface area (Å²) in [5.41, 5.74) is 0. The van der Waals surface area contributed by atoms with E-state index >= 15 is 0 Å². The zero-order valence-electron chi connectivity index (χ0n) is 9.01. The van der Waals surface area contributed by atoms with E-state index in [-0.39, 0.29) is 0 Å². The fourth-order valence-corrected chi connectivity index (χ4v) is 2.26. The van der Waals surface area contributed by atoms with Crippen molar-refractivity contribution in [2.45, 2.75) is 45.6 Å². The molecule has 0 bridgehead atoms. The molecule has 13 heavy (non-hydrogen) atoms. The van der Waals surface area contributed by atoms with E-state index in [0.29, 0.717) is 0 Å². The van der Waals surface area contributed by atoms with E-state index in [9.17, 15) is 0 Å². The summed E-state index contributed by atoms with van der Waals surface area (Å²) >= 11 is 2.05. The van der Waals surface area contributed by atoms with Gasteiger partial charge in [0, 0.05) is 6.04 Å². The molecule has 0 aliphatic heterocycles. The first kappa shape index (κ1) is 11.4. The summed E-state index contributed by atoms with van der Waals surface area (Å²) in [4.78, 5) is 0. The van der Waals surface area contributed by atoms with Gasteiger partial charge in [-0.2, -0.15) is 11.8 Å². The molecule has 0 aromatic carbocycles. The Labute approximate surface area is 87.1 Å². The SMILES string of the molecule is CCSCCC(C)NCCC1CC1. The topological polar surface area (TPSA) is 12.0 Å². The average molecular weight is 201 g/mol. The quantitative estimate of drug-likeness (QED) is 0.606. The standard InChI is InChI=1S/C11H23NS/c1-3-13-9-7-10(2)12-8-6-11-4-5-11/h10-12H,3-9H2,1-2H3. The molecular weight excluding hydrogens is 178 g/mol. The maximum absolute atomic E-state index is 3.60. The number of thioether (sulfide) groups is 1. The largest absolute Gasteiger partial charge is 0.314 e. The summed E-state index contributed by atoms with van der Waals surface area (Å²) < 4.78 is 0. The first-order chi connectivity index (χ1) is 6.33. The van der Waals surface area contributed by atoms with Crippen molar-refractivity contribution in [1.82, 2.24) is 5.32 Å². The monoisotopic (exact) mass is 201 g/mol. The van der Waals surface area contributed by atoms with Crippen LogP contribution in [-0.4, -0.2) is 24.1 Å². The summed E-state index contributed by atoms with van der Waals surface area (Å²) in [5.74, 6) is 3.65. The van der Waals surface area contributed by atoms with Gasteiger partial charge in [0.05, 0.1) is 0 Å². The van der Waals surface area contributed by atoms with Gasteiger partial charge in [-0.1, -0.05) is 19.8 Å². The van der Waals surface area contributed by atoms with Gasteiger partial charge < -0.3 is 5.32 Å². The summed E-state index contributed by atoms with van der Waals surface area (Å²) in [6, 6.07) is 0.720. The van der Waals surface area contributed by atoms with Crippen molar-refractivity contribution in [3.05, 3.63) is 0 Å². The Bertz CT molecular complexity index is 123. The molecule has 0 aromatic rings. The lowest BCUT2D eigenvalue weighted by Gasteiger charge is -2.12. The molecule has 0 heterocycles. The first-order valence-corrected chi connectivity index (χ1v) is 6.79. The van der Waals surface area contributed by atoms with E-state index < -0.39 is 0 Å². The zero-order chi connectivity index (χ0) is 9.52. The Morgan fingerprint density at radius 3 is 2.85 bits per heavy atom. The summed E-state index contributed by atoms with van der Waals surface area (Å²) in [6.07, 6.45) is 5.71. The van der Waals surface area contributed by atoms with Crippen LogP contribution < -0.4 is 5.32 Å². The van der Waals surface area contributed by atoms with E-state index in [1.165, 1.54) is 43.7 Å². The van der Waals surface area contributed by atoms with Gasteiger partial charge in [0.2, 0.25) is 0 Å². The predicted molar refractivity (Wildman–Crippen MR) is 62.4 cm³/mol. The Morgan fingerprint density at radius 1 is 1.46 bits per heavy atom. The van der Waals surface area contributed by atoms with Crippen molar-refractivity contribution in [3.8, 4) is 0 Å². The number of rotatable bonds is 8. The minimum Gasteiger partial charge on any atom is -0.314 e. The van der Waals surface area contributed by atoms with Crippen LogP contribution in [0.2, 0.25) is 0 Å². The van der Waals surface area contributed by atoms with Crippen LogP contribution in [0, 0.1) is 5.92 Å². The van der Waals surface area contributed by atoms with Gasteiger partial charge in [-0.05, 0) is 43.7 Å². The molecule has 0 spiro atoms. The van der Waals surface area contributed by atoms with Gasteiger partial charge in [-0.25, -0.2) is 0 Å². The van der Waals surface area contributed by atoms with Crippen LogP contribution >= 0.6 is 11.8 Å². The van der Waals surface area contributed by atoms with E-state index in [4.69, 9.17) is 0 Å². The maximum Gasteiger partial charge on any atom is 0.00465 e. The molecule has 0 amide bonds. The van der Waals surface area contributed by atoms with Crippen LogP contribution in [-0.2, 0) is 0 Å². The lowest BCUT2D eigenvalue weighted by molar-refractivity contribution is 0.513. The molecular formula is C11H23NS. The smallest absolute Gasteiger partial charge is 0.00465 e. The van der Waals surface area contributed by atoms with E-state index in [0.717, 1.165) is 12.0 Å². The van der Waals surface area contributed by atoms with Gasteiger partial charge in [-0.3, -0.25) is 0 Å². The van der Waals surface area contributed by atoms with Gasteiger partial charge in [0.25, 0.3) is 0 Å². The zero-order valence-corrected chi connectivity index (χ0v) is 9.83. The van der Waals surface area contributed by atoms with Crippen LogP contribution in [0.25, 0.3) is 0 Å². The molecule has 1 fully saturated rings. The summed E-state index contributed by atoms with van der Waals surface area (Å²) in [7, 11) is 0. The number of hydrogen-bond acceptors (Lipinski definition) is 2. The van der Waals surface area contributed by atoms with Crippen LogP contribution in [0.15, 0.2) is 0 Å². The van der Waals surface area contributed by atoms with E-state index in [2.05, 4.69) is 19.2 Å². The lowest BCUT2D eigenvalue weighted by atomic mass is 10.2. The number of nitrogens with one attached hydrogen (secondary N) is 1. The van der Waals surface area contributed by atoms with Gasteiger partial charge in [0.15, 0.2) is 0 Å². The highest BCUT2D eigenvalue weighted by molar-refractivity contribution is 7.99. The minimum absolute atomic E-state index is 0.720. The van der Waals surface area contributed by atoms with Gasteiger partial charge in [0.1, 0.15) is 0 Å². The molecule has 1 aliphatic carbocycles. The average Bonchev–Trinajstić information content (AvgIpc) is 2.89. The fraction of sp³-hybridized carbons (Fsp3) is 1.00. The fourth-order valence-electron chi connectivity index (χ4n) is 1.45. The predicted octanol–water partition coefficient (Wildman–Crippen LogP) is 2.91. The van der Waals surface area contributed by atoms with Crippen molar-refractivity contribution in [3.63, 3.8) is 0 Å². The third-order valence-electron chi connectivity index (χ3n) is 2.64. The third-order valence-corrected chi connectivity index (χ3v) is 3.57. The Kier molecular flexibility index (Phi) is 5.88. The molecule has 1 saturated carbocycles. The van der Waals surface area contributed by atoms with Crippen LogP contribution in [0.1, 0.15) is 39.5 Å². The van der Waals surface area contributed by atoms with Crippen LogP contribution in [0.4, 0.5) is 0 Å². The molecule has 0 aromatic heterocycles. The third kappa shape index (κ3) is 6.39. The van der Waals surface area contributed by atoms with Crippen molar-refractivity contribution in [2.75, 3.05) is 18.1 Å². The molecule has 1 unspecified atom stereocenters. The second-order valence-electron chi connectivity index (χ2n) is 4.07. The second kappa shape index (κ2) is 6.72. The molecule has 78 valence electrons. The van der Waals surface area contributed by atoms with E-state index in [1.807, 2.05) is 11.8 Å². The van der Waals surface area contributed by atoms with Crippen molar-refractivity contribution < 1.29 is 0 Å². The molecule has 0 radical (unpaired) electrons. The molecule has 1 N–H and O–H groups in total. The van der Waals surface area contributed by atoms with Gasteiger partial charge >= 0.3 is 0 Å². The summed E-state index contributed by atoms with van der Waals surface area (Å²) in [5, 5.41) is 3.60. The van der Waals surface area contributed by atoms with Crippen molar-refractivity contribution >= 4 is 11.8 Å². The normalized spacial score (nSPS) is 18.9. The molecule has 1 rings (SSSR count). The lowest BCUT2D eigenvalue weighted by Crippen LogP contribution is -2.27. The van der Waals surface area contributed by atoms with Crippen LogP contribution in [0.5, 0.6) is 0 Å². The second-order valence-corrected chi connectivity index (χ2v) is 5.47. The molecule has 1 nitrogen and oxygen atoms in total. The first-order valence-electron chi connectivity index (χ1n) is 5.64. The maximum atomic E-state index is 3.60. The molecule has 1 aliphatic rings. The molecule has 1 atom stereocenters. The Hall–Kier alpha value is 0.310. The highest BCUT2D eigenvalue weighted by atomic mass is 32.2.